The van der Waals surface area contributed by atoms with E-state index in [2.05, 4.69) is 109 Å². The van der Waals surface area contributed by atoms with Crippen molar-refractivity contribution in [3.8, 4) is 23.0 Å². The Bertz CT molecular complexity index is 2180. The number of unbranched alkanes of at least 4 members (excludes halogenated alkanes) is 26. The normalized spacial score (nSPS) is 11.2. The summed E-state index contributed by atoms with van der Waals surface area (Å²) >= 11 is 21.9. The van der Waals surface area contributed by atoms with Gasteiger partial charge in [-0.2, -0.15) is 0 Å². The SMILES string of the molecule is CCCCCCCCCCCCCCCCc1c(Br)c(Br)c(C(=O)Oc2ccccc2)c(OC(=O)C(=O)Oc2c(Br)c(CCCCCCCCCCCCCCCC)c(Br)c(Br)c2C(=O)Oc2ccccc2)c1Br. The monoisotopic (exact) mass is 1400 g/mol. The van der Waals surface area contributed by atoms with Gasteiger partial charge in [0.25, 0.3) is 0 Å². The molecule has 0 fully saturated rings. The molecule has 0 bridgehead atoms. The Morgan fingerprint density at radius 1 is 0.324 bits per heavy atom. The lowest BCUT2D eigenvalue weighted by atomic mass is 10.0. The van der Waals surface area contributed by atoms with Crippen molar-refractivity contribution in [1.82, 2.24) is 0 Å². The summed E-state index contributed by atoms with van der Waals surface area (Å²) in [5, 5.41) is 0. The van der Waals surface area contributed by atoms with Gasteiger partial charge in [0.1, 0.15) is 22.6 Å². The largest absolute Gasteiger partial charge is 0.423 e. The summed E-state index contributed by atoms with van der Waals surface area (Å²) in [6.07, 6.45) is 35.5. The Morgan fingerprint density at radius 2 is 0.581 bits per heavy atom. The van der Waals surface area contributed by atoms with Gasteiger partial charge >= 0.3 is 23.9 Å². The van der Waals surface area contributed by atoms with E-state index in [1.807, 2.05) is 0 Å². The Balaban J connectivity index is 1.50. The summed E-state index contributed by atoms with van der Waals surface area (Å²) in [6.45, 7) is 4.51. The molecule has 0 unspecified atom stereocenters. The predicted octanol–water partition coefficient (Wildman–Crippen LogP) is 21.3. The van der Waals surface area contributed by atoms with E-state index in [1.165, 1.54) is 128 Å². The number of para-hydroxylation sites is 2. The van der Waals surface area contributed by atoms with Crippen LogP contribution in [0.2, 0.25) is 0 Å². The van der Waals surface area contributed by atoms with Gasteiger partial charge in [-0.05, 0) is 157 Å². The Kier molecular flexibility index (Phi) is 32.5. The smallest absolute Gasteiger partial charge is 0.423 e. The number of halogens is 6. The maximum Gasteiger partial charge on any atom is 0.423 e. The molecule has 74 heavy (non-hydrogen) atoms. The molecule has 0 aliphatic heterocycles. The molecule has 0 atom stereocenters. The number of esters is 4. The van der Waals surface area contributed by atoms with E-state index in [0.717, 1.165) is 62.5 Å². The molecule has 0 saturated heterocycles. The lowest BCUT2D eigenvalue weighted by molar-refractivity contribution is -0.156. The Hall–Kier alpha value is -2.36. The minimum absolute atomic E-state index is 0.131. The number of carbonyl (C=O) groups is 4. The van der Waals surface area contributed by atoms with Gasteiger partial charge < -0.3 is 18.9 Å². The van der Waals surface area contributed by atoms with Crippen molar-refractivity contribution < 1.29 is 38.1 Å². The second-order valence-electron chi connectivity index (χ2n) is 19.1. The number of carbonyl (C=O) groups excluding carboxylic acids is 4. The second-order valence-corrected chi connectivity index (χ2v) is 23.9. The summed E-state index contributed by atoms with van der Waals surface area (Å²) in [5.74, 6) is -4.43. The molecule has 0 saturated carbocycles. The third-order valence-electron chi connectivity index (χ3n) is 13.2. The van der Waals surface area contributed by atoms with Gasteiger partial charge in [-0.15, -0.1) is 0 Å². The van der Waals surface area contributed by atoms with Crippen molar-refractivity contribution in [3.05, 3.63) is 110 Å². The van der Waals surface area contributed by atoms with E-state index in [1.54, 1.807) is 60.7 Å². The van der Waals surface area contributed by atoms with Crippen LogP contribution >= 0.6 is 95.6 Å². The highest BCUT2D eigenvalue weighted by Crippen LogP contribution is 2.47. The summed E-state index contributed by atoms with van der Waals surface area (Å²) < 4.78 is 25.6. The average molecular weight is 1400 g/mol. The lowest BCUT2D eigenvalue weighted by Gasteiger charge is -2.20. The average Bonchev–Trinajstić information content (AvgIpc) is 3.39. The highest BCUT2D eigenvalue weighted by molar-refractivity contribution is 9.13. The third-order valence-corrected chi connectivity index (χ3v) is 19.2. The molecule has 0 radical (unpaired) electrons. The molecule has 4 rings (SSSR count). The molecule has 0 aromatic heterocycles. The quantitative estimate of drug-likeness (QED) is 0.0146. The van der Waals surface area contributed by atoms with Gasteiger partial charge in [0.15, 0.2) is 11.5 Å². The van der Waals surface area contributed by atoms with Crippen LogP contribution in [0.15, 0.2) is 87.5 Å². The Labute approximate surface area is 492 Å². The van der Waals surface area contributed by atoms with Crippen molar-refractivity contribution in [1.29, 1.82) is 0 Å². The van der Waals surface area contributed by atoms with E-state index in [4.69, 9.17) is 18.9 Å². The third kappa shape index (κ3) is 22.2. The standard InChI is InChI=1S/C60H76Br6O8/c1-3-5-7-9-11-13-15-17-19-21-23-25-27-35-41-45-49(61)53(65)47(57(67)71-43-37-31-29-32-38-43)55(51(45)63)73-59(69)60(70)74-56-48(58(68)72-44-39-33-30-34-40-44)54(66)50(62)46(52(56)64)42-36-28-26-24-22-20-18-16-14-12-10-8-6-4-2/h29-34,37-40H,3-28,35-36,41-42H2,1-2H3. The maximum absolute atomic E-state index is 14.1. The van der Waals surface area contributed by atoms with Crippen LogP contribution in [0.25, 0.3) is 0 Å². The fourth-order valence-electron chi connectivity index (χ4n) is 8.92. The van der Waals surface area contributed by atoms with Gasteiger partial charge in [0.05, 0.1) is 17.9 Å². The molecule has 4 aromatic carbocycles. The highest BCUT2D eigenvalue weighted by Gasteiger charge is 2.34. The lowest BCUT2D eigenvalue weighted by Crippen LogP contribution is -2.28. The second kappa shape index (κ2) is 37.5. The van der Waals surface area contributed by atoms with Gasteiger partial charge in [0.2, 0.25) is 0 Å². The van der Waals surface area contributed by atoms with Crippen LogP contribution in [0.1, 0.15) is 225 Å². The molecule has 0 amide bonds. The summed E-state index contributed by atoms with van der Waals surface area (Å²) in [6, 6.07) is 17.0. The maximum atomic E-state index is 14.1. The number of benzene rings is 4. The fraction of sp³-hybridized carbons (Fsp3) is 0.533. The zero-order chi connectivity index (χ0) is 53.5. The molecule has 0 heterocycles. The van der Waals surface area contributed by atoms with Crippen LogP contribution in [-0.2, 0) is 22.4 Å². The summed E-state index contributed by atoms with van der Waals surface area (Å²) in [5.41, 5.74) is 1.21. The van der Waals surface area contributed by atoms with Crippen LogP contribution in [0, 0.1) is 0 Å². The number of ether oxygens (including phenoxy) is 4. The molecule has 406 valence electrons. The van der Waals surface area contributed by atoms with Gasteiger partial charge in [-0.25, -0.2) is 19.2 Å². The van der Waals surface area contributed by atoms with Crippen molar-refractivity contribution >= 4 is 119 Å². The zero-order valence-corrected chi connectivity index (χ0v) is 53.0. The van der Waals surface area contributed by atoms with E-state index in [-0.39, 0.29) is 43.1 Å². The van der Waals surface area contributed by atoms with E-state index >= 15 is 0 Å². The molecule has 0 aliphatic rings. The van der Waals surface area contributed by atoms with E-state index in [9.17, 15) is 19.2 Å². The molecule has 14 heteroatoms. The molecule has 8 nitrogen and oxygen atoms in total. The Morgan fingerprint density at radius 3 is 0.851 bits per heavy atom. The van der Waals surface area contributed by atoms with Crippen molar-refractivity contribution in [2.45, 2.75) is 206 Å². The molecular formula is C60H76Br6O8. The first-order valence-corrected chi connectivity index (χ1v) is 32.0. The minimum atomic E-state index is -1.43. The van der Waals surface area contributed by atoms with Crippen LogP contribution in [-0.4, -0.2) is 23.9 Å². The van der Waals surface area contributed by atoms with Crippen LogP contribution in [0.5, 0.6) is 23.0 Å². The zero-order valence-electron chi connectivity index (χ0n) is 43.5. The number of rotatable bonds is 36. The molecular weight excluding hydrogens is 1330 g/mol. The highest BCUT2D eigenvalue weighted by atomic mass is 79.9. The first kappa shape index (κ1) is 64.2. The van der Waals surface area contributed by atoms with Crippen LogP contribution in [0.3, 0.4) is 0 Å². The van der Waals surface area contributed by atoms with Gasteiger partial charge in [-0.3, -0.25) is 0 Å². The fourth-order valence-corrected chi connectivity index (χ4v) is 13.2. The van der Waals surface area contributed by atoms with Gasteiger partial charge in [-0.1, -0.05) is 217 Å². The van der Waals surface area contributed by atoms with Crippen molar-refractivity contribution in [3.63, 3.8) is 0 Å². The van der Waals surface area contributed by atoms with Crippen LogP contribution in [0.4, 0.5) is 0 Å². The molecule has 0 spiro atoms. The molecule has 0 aliphatic carbocycles. The predicted molar refractivity (Wildman–Crippen MR) is 321 cm³/mol. The topological polar surface area (TPSA) is 105 Å². The van der Waals surface area contributed by atoms with E-state index in [0.29, 0.717) is 30.7 Å². The minimum Gasteiger partial charge on any atom is -0.423 e. The number of hydrogen-bond donors (Lipinski definition) is 0. The van der Waals surface area contributed by atoms with Crippen molar-refractivity contribution in [2.24, 2.45) is 0 Å². The van der Waals surface area contributed by atoms with Gasteiger partial charge in [0, 0.05) is 8.95 Å². The summed E-state index contributed by atoms with van der Waals surface area (Å²) in [4.78, 5) is 56.2. The van der Waals surface area contributed by atoms with Crippen LogP contribution < -0.4 is 18.9 Å². The molecule has 4 aromatic rings. The first-order valence-electron chi connectivity index (χ1n) is 27.3. The van der Waals surface area contributed by atoms with E-state index < -0.39 is 23.9 Å². The number of hydrogen-bond acceptors (Lipinski definition) is 8. The first-order chi connectivity index (χ1) is 35.9. The van der Waals surface area contributed by atoms with Crippen molar-refractivity contribution in [2.75, 3.05) is 0 Å². The molecule has 0 N–H and O–H groups in total. The summed E-state index contributed by atoms with van der Waals surface area (Å²) in [7, 11) is 0.